The predicted octanol–water partition coefficient (Wildman–Crippen LogP) is 2.69. The maximum Gasteiger partial charge on any atom is 0.151 e. The second-order valence-corrected chi connectivity index (χ2v) is 3.88. The van der Waals surface area contributed by atoms with Crippen molar-refractivity contribution in [2.45, 2.75) is 6.42 Å². The van der Waals surface area contributed by atoms with E-state index in [1.54, 1.807) is 12.1 Å². The van der Waals surface area contributed by atoms with Crippen molar-refractivity contribution in [3.05, 3.63) is 28.9 Å². The lowest BCUT2D eigenvalue weighted by Gasteiger charge is -2.03. The Morgan fingerprint density at radius 3 is 3.07 bits per heavy atom. The molecule has 1 aromatic carbocycles. The van der Waals surface area contributed by atoms with Gasteiger partial charge in [0.25, 0.3) is 0 Å². The van der Waals surface area contributed by atoms with Crippen LogP contribution in [0.4, 0.5) is 10.1 Å². The largest absolute Gasteiger partial charge is 0.396 e. The van der Waals surface area contributed by atoms with E-state index in [4.69, 9.17) is 11.0 Å². The molecule has 0 spiro atoms. The first-order valence-electron chi connectivity index (χ1n) is 4.05. The van der Waals surface area contributed by atoms with Crippen molar-refractivity contribution >= 4 is 27.1 Å². The third kappa shape index (κ3) is 1.22. The van der Waals surface area contributed by atoms with E-state index in [-0.39, 0.29) is 12.1 Å². The number of anilines is 1. The van der Waals surface area contributed by atoms with Crippen molar-refractivity contribution in [2.75, 3.05) is 5.73 Å². The van der Waals surface area contributed by atoms with Crippen molar-refractivity contribution in [1.29, 1.82) is 5.26 Å². The number of nitrogens with two attached hydrogens (primary N) is 1. The summed E-state index contributed by atoms with van der Waals surface area (Å²) in [5, 5.41) is 11.1. The van der Waals surface area contributed by atoms with E-state index in [0.717, 1.165) is 10.1 Å². The van der Waals surface area contributed by atoms with Crippen LogP contribution < -0.4 is 5.73 Å². The van der Waals surface area contributed by atoms with Gasteiger partial charge in [-0.1, -0.05) is 0 Å². The van der Waals surface area contributed by atoms with Crippen molar-refractivity contribution in [1.82, 2.24) is 0 Å². The molecule has 1 aromatic heterocycles. The minimum Gasteiger partial charge on any atom is -0.396 e. The maximum atomic E-state index is 13.5. The Morgan fingerprint density at radius 2 is 2.36 bits per heavy atom. The van der Waals surface area contributed by atoms with Crippen molar-refractivity contribution in [3.8, 4) is 6.07 Å². The molecule has 0 aliphatic carbocycles. The SMILES string of the molecule is N#CCc1cc2sccc2c(N)c1F. The fourth-order valence-corrected chi connectivity index (χ4v) is 2.25. The number of fused-ring (bicyclic) bond motifs is 1. The summed E-state index contributed by atoms with van der Waals surface area (Å²) in [6, 6.07) is 5.39. The molecule has 2 N–H and O–H groups in total. The van der Waals surface area contributed by atoms with Crippen LogP contribution in [0.3, 0.4) is 0 Å². The Morgan fingerprint density at radius 1 is 1.57 bits per heavy atom. The number of halogens is 1. The van der Waals surface area contributed by atoms with E-state index in [9.17, 15) is 4.39 Å². The lowest BCUT2D eigenvalue weighted by molar-refractivity contribution is 0.622. The van der Waals surface area contributed by atoms with Crippen LogP contribution in [0.25, 0.3) is 10.1 Å². The Bertz CT molecular complexity index is 525. The molecular formula is C10H7FN2S. The van der Waals surface area contributed by atoms with E-state index in [1.807, 2.05) is 11.4 Å². The van der Waals surface area contributed by atoms with E-state index < -0.39 is 5.82 Å². The molecule has 0 saturated carbocycles. The Balaban J connectivity index is 2.75. The molecular weight excluding hydrogens is 199 g/mol. The van der Waals surface area contributed by atoms with Crippen molar-refractivity contribution in [3.63, 3.8) is 0 Å². The predicted molar refractivity (Wildman–Crippen MR) is 55.5 cm³/mol. The molecule has 4 heteroatoms. The number of nitrogen functional groups attached to an aromatic ring is 1. The summed E-state index contributed by atoms with van der Waals surface area (Å²) >= 11 is 1.49. The molecule has 2 nitrogen and oxygen atoms in total. The van der Waals surface area contributed by atoms with Gasteiger partial charge in [-0.25, -0.2) is 4.39 Å². The molecule has 0 unspecified atom stereocenters. The summed E-state index contributed by atoms with van der Waals surface area (Å²) in [6.45, 7) is 0. The monoisotopic (exact) mass is 206 g/mol. The molecule has 0 fully saturated rings. The number of benzene rings is 1. The van der Waals surface area contributed by atoms with Gasteiger partial charge in [0.15, 0.2) is 5.82 Å². The first-order chi connectivity index (χ1) is 6.74. The quantitative estimate of drug-likeness (QED) is 0.729. The minimum atomic E-state index is -0.461. The molecule has 0 radical (unpaired) electrons. The number of nitriles is 1. The van der Waals surface area contributed by atoms with Gasteiger partial charge in [-0.05, 0) is 17.5 Å². The standard InChI is InChI=1S/C10H7FN2S/c11-9-6(1-3-12)5-8-7(10(9)13)2-4-14-8/h2,4-5H,1,13H2. The molecule has 0 bridgehead atoms. The number of hydrogen-bond donors (Lipinski definition) is 1. The van der Waals surface area contributed by atoms with Gasteiger partial charge < -0.3 is 5.73 Å². The molecule has 0 aliphatic rings. The highest BCUT2D eigenvalue weighted by Gasteiger charge is 2.10. The first kappa shape index (κ1) is 8.97. The maximum absolute atomic E-state index is 13.5. The highest BCUT2D eigenvalue weighted by Crippen LogP contribution is 2.30. The van der Waals surface area contributed by atoms with Crippen LogP contribution in [0.5, 0.6) is 0 Å². The fourth-order valence-electron chi connectivity index (χ4n) is 1.38. The van der Waals surface area contributed by atoms with Crippen LogP contribution in [0, 0.1) is 17.1 Å². The lowest BCUT2D eigenvalue weighted by atomic mass is 10.1. The van der Waals surface area contributed by atoms with Crippen LogP contribution in [-0.4, -0.2) is 0 Å². The van der Waals surface area contributed by atoms with Gasteiger partial charge in [0.05, 0.1) is 18.2 Å². The Hall–Kier alpha value is -1.60. The van der Waals surface area contributed by atoms with Gasteiger partial charge in [0, 0.05) is 15.6 Å². The molecule has 0 atom stereocenters. The first-order valence-corrected chi connectivity index (χ1v) is 4.93. The van der Waals surface area contributed by atoms with E-state index >= 15 is 0 Å². The van der Waals surface area contributed by atoms with E-state index in [0.29, 0.717) is 5.56 Å². The number of hydrogen-bond acceptors (Lipinski definition) is 3. The zero-order chi connectivity index (χ0) is 10.1. The average molecular weight is 206 g/mol. The van der Waals surface area contributed by atoms with Crippen LogP contribution >= 0.6 is 11.3 Å². The fraction of sp³-hybridized carbons (Fsp3) is 0.100. The van der Waals surface area contributed by atoms with Crippen molar-refractivity contribution < 1.29 is 4.39 Å². The van der Waals surface area contributed by atoms with Gasteiger partial charge in [-0.3, -0.25) is 0 Å². The molecule has 0 aliphatic heterocycles. The van der Waals surface area contributed by atoms with Gasteiger partial charge in [0.2, 0.25) is 0 Å². The van der Waals surface area contributed by atoms with Gasteiger partial charge >= 0.3 is 0 Å². The topological polar surface area (TPSA) is 49.8 Å². The second-order valence-electron chi connectivity index (χ2n) is 2.93. The average Bonchev–Trinajstić information content (AvgIpc) is 2.62. The van der Waals surface area contributed by atoms with Crippen molar-refractivity contribution in [2.24, 2.45) is 0 Å². The van der Waals surface area contributed by atoms with Gasteiger partial charge in [-0.2, -0.15) is 5.26 Å². The molecule has 0 saturated heterocycles. The summed E-state index contributed by atoms with van der Waals surface area (Å²) in [5.41, 5.74) is 6.14. The van der Waals surface area contributed by atoms with Crippen LogP contribution in [0.2, 0.25) is 0 Å². The summed E-state index contributed by atoms with van der Waals surface area (Å²) in [6.07, 6.45) is 0.0594. The number of rotatable bonds is 1. The molecule has 0 amide bonds. The molecule has 70 valence electrons. The molecule has 2 aromatic rings. The normalized spacial score (nSPS) is 10.3. The Labute approximate surface area is 84.4 Å². The summed E-state index contributed by atoms with van der Waals surface area (Å²) in [4.78, 5) is 0. The van der Waals surface area contributed by atoms with Crippen LogP contribution in [0.15, 0.2) is 17.5 Å². The third-order valence-electron chi connectivity index (χ3n) is 2.08. The highest BCUT2D eigenvalue weighted by molar-refractivity contribution is 7.17. The lowest BCUT2D eigenvalue weighted by Crippen LogP contribution is -1.96. The van der Waals surface area contributed by atoms with Crippen LogP contribution in [-0.2, 0) is 6.42 Å². The summed E-state index contributed by atoms with van der Waals surface area (Å²) < 4.78 is 14.4. The zero-order valence-corrected chi connectivity index (χ0v) is 8.07. The smallest absolute Gasteiger partial charge is 0.151 e. The highest BCUT2D eigenvalue weighted by atomic mass is 32.1. The third-order valence-corrected chi connectivity index (χ3v) is 2.94. The van der Waals surface area contributed by atoms with Gasteiger partial charge in [0.1, 0.15) is 0 Å². The van der Waals surface area contributed by atoms with E-state index in [1.165, 1.54) is 11.3 Å². The second kappa shape index (κ2) is 3.28. The Kier molecular flexibility index (Phi) is 2.10. The van der Waals surface area contributed by atoms with Gasteiger partial charge in [-0.15, -0.1) is 11.3 Å². The van der Waals surface area contributed by atoms with Crippen LogP contribution in [0.1, 0.15) is 5.56 Å². The molecule has 14 heavy (non-hydrogen) atoms. The van der Waals surface area contributed by atoms with E-state index in [2.05, 4.69) is 0 Å². The minimum absolute atomic E-state index is 0.0594. The molecule has 1 heterocycles. The number of nitrogens with zero attached hydrogens (tertiary/aromatic N) is 1. The zero-order valence-electron chi connectivity index (χ0n) is 7.25. The summed E-state index contributed by atoms with van der Waals surface area (Å²) in [5.74, 6) is -0.461. The summed E-state index contributed by atoms with van der Waals surface area (Å²) in [7, 11) is 0. The molecule has 2 rings (SSSR count). The number of thiophene rings is 1.